The van der Waals surface area contributed by atoms with Gasteiger partial charge in [-0.25, -0.2) is 0 Å². The first-order valence-corrected chi connectivity index (χ1v) is 8.53. The van der Waals surface area contributed by atoms with Crippen molar-refractivity contribution in [2.24, 2.45) is 0 Å². The predicted molar refractivity (Wildman–Crippen MR) is 95.9 cm³/mol. The average Bonchev–Trinajstić information content (AvgIpc) is 3.15. The molecule has 126 valence electrons. The Morgan fingerprint density at radius 1 is 1.08 bits per heavy atom. The van der Waals surface area contributed by atoms with Crippen molar-refractivity contribution in [3.63, 3.8) is 0 Å². The third-order valence-electron chi connectivity index (χ3n) is 4.22. The highest BCUT2D eigenvalue weighted by Crippen LogP contribution is 2.16. The maximum absolute atomic E-state index is 12.4. The minimum Gasteiger partial charge on any atom is -0.376 e. The molecular weight excluding hydrogens is 300 g/mol. The number of amides is 1. The molecule has 1 saturated heterocycles. The van der Waals surface area contributed by atoms with E-state index in [9.17, 15) is 4.79 Å². The number of ether oxygens (including phenoxy) is 1. The first kappa shape index (κ1) is 16.5. The van der Waals surface area contributed by atoms with Crippen LogP contribution >= 0.6 is 0 Å². The molecule has 0 aromatic heterocycles. The SMILES string of the molecule is O=C(CN(Cc1ccccc1)c1ccccc1)NCC1CCCO1. The zero-order valence-electron chi connectivity index (χ0n) is 13.9. The van der Waals surface area contributed by atoms with Gasteiger partial charge in [0, 0.05) is 25.4 Å². The molecular formula is C20H24N2O2. The second kappa shape index (κ2) is 8.50. The second-order valence-corrected chi connectivity index (χ2v) is 6.12. The number of hydrogen-bond donors (Lipinski definition) is 1. The Morgan fingerprint density at radius 2 is 1.79 bits per heavy atom. The van der Waals surface area contributed by atoms with E-state index in [2.05, 4.69) is 22.3 Å². The van der Waals surface area contributed by atoms with Gasteiger partial charge in [0.1, 0.15) is 0 Å². The summed E-state index contributed by atoms with van der Waals surface area (Å²) >= 11 is 0. The Bertz CT molecular complexity index is 625. The van der Waals surface area contributed by atoms with Crippen molar-refractivity contribution in [2.75, 3.05) is 24.6 Å². The van der Waals surface area contributed by atoms with Crippen LogP contribution in [0.2, 0.25) is 0 Å². The molecule has 2 aromatic rings. The highest BCUT2D eigenvalue weighted by molar-refractivity contribution is 5.81. The summed E-state index contributed by atoms with van der Waals surface area (Å²) in [7, 11) is 0. The highest BCUT2D eigenvalue weighted by atomic mass is 16.5. The van der Waals surface area contributed by atoms with Crippen molar-refractivity contribution in [3.05, 3.63) is 66.2 Å². The molecule has 1 fully saturated rings. The van der Waals surface area contributed by atoms with Crippen LogP contribution in [0.15, 0.2) is 60.7 Å². The molecule has 1 atom stereocenters. The lowest BCUT2D eigenvalue weighted by atomic mass is 10.2. The van der Waals surface area contributed by atoms with Crippen molar-refractivity contribution in [3.8, 4) is 0 Å². The fraction of sp³-hybridized carbons (Fsp3) is 0.350. The standard InChI is InChI=1S/C20H24N2O2/c23-20(21-14-19-12-7-13-24-19)16-22(18-10-5-2-6-11-18)15-17-8-3-1-4-9-17/h1-6,8-11,19H,7,12-16H2,(H,21,23). The molecule has 0 bridgehead atoms. The van der Waals surface area contributed by atoms with Crippen molar-refractivity contribution < 1.29 is 9.53 Å². The summed E-state index contributed by atoms with van der Waals surface area (Å²) in [6, 6.07) is 20.3. The summed E-state index contributed by atoms with van der Waals surface area (Å²) in [5.41, 5.74) is 2.24. The van der Waals surface area contributed by atoms with Crippen LogP contribution in [-0.4, -0.2) is 31.7 Å². The summed E-state index contributed by atoms with van der Waals surface area (Å²) in [5, 5.41) is 3.01. The summed E-state index contributed by atoms with van der Waals surface area (Å²) in [5.74, 6) is 0.0327. The molecule has 2 aromatic carbocycles. The minimum atomic E-state index is 0.0327. The monoisotopic (exact) mass is 324 g/mol. The molecule has 1 N–H and O–H groups in total. The Morgan fingerprint density at radius 3 is 2.46 bits per heavy atom. The molecule has 1 amide bonds. The van der Waals surface area contributed by atoms with Crippen LogP contribution < -0.4 is 10.2 Å². The van der Waals surface area contributed by atoms with E-state index in [-0.39, 0.29) is 12.0 Å². The third kappa shape index (κ3) is 4.83. The van der Waals surface area contributed by atoms with Crippen molar-refractivity contribution >= 4 is 11.6 Å². The van der Waals surface area contributed by atoms with Crippen molar-refractivity contribution in [1.29, 1.82) is 0 Å². The van der Waals surface area contributed by atoms with Crippen molar-refractivity contribution in [2.45, 2.75) is 25.5 Å². The number of nitrogens with zero attached hydrogens (tertiary/aromatic N) is 1. The summed E-state index contributed by atoms with van der Waals surface area (Å²) < 4.78 is 5.56. The lowest BCUT2D eigenvalue weighted by Gasteiger charge is -2.25. The van der Waals surface area contributed by atoms with Crippen LogP contribution in [0.5, 0.6) is 0 Å². The Hall–Kier alpha value is -2.33. The average molecular weight is 324 g/mol. The maximum Gasteiger partial charge on any atom is 0.239 e. The number of carbonyl (C=O) groups excluding carboxylic acids is 1. The van der Waals surface area contributed by atoms with E-state index < -0.39 is 0 Å². The van der Waals surface area contributed by atoms with Crippen molar-refractivity contribution in [1.82, 2.24) is 5.32 Å². The lowest BCUT2D eigenvalue weighted by Crippen LogP contribution is -2.40. The molecule has 0 aliphatic carbocycles. The fourth-order valence-electron chi connectivity index (χ4n) is 2.94. The van der Waals surface area contributed by atoms with E-state index in [0.29, 0.717) is 19.6 Å². The van der Waals surface area contributed by atoms with Gasteiger partial charge >= 0.3 is 0 Å². The zero-order valence-corrected chi connectivity index (χ0v) is 13.9. The summed E-state index contributed by atoms with van der Waals surface area (Å²) in [6.07, 6.45) is 2.30. The lowest BCUT2D eigenvalue weighted by molar-refractivity contribution is -0.120. The summed E-state index contributed by atoms with van der Waals surface area (Å²) in [4.78, 5) is 14.5. The molecule has 1 aliphatic heterocycles. The van der Waals surface area contributed by atoms with E-state index in [1.54, 1.807) is 0 Å². The number of hydrogen-bond acceptors (Lipinski definition) is 3. The predicted octanol–water partition coefficient (Wildman–Crippen LogP) is 2.99. The first-order chi connectivity index (χ1) is 11.8. The number of para-hydroxylation sites is 1. The molecule has 4 nitrogen and oxygen atoms in total. The van der Waals surface area contributed by atoms with Gasteiger partial charge in [-0.1, -0.05) is 48.5 Å². The van der Waals surface area contributed by atoms with E-state index in [1.807, 2.05) is 48.5 Å². The van der Waals surface area contributed by atoms with Gasteiger partial charge in [-0.15, -0.1) is 0 Å². The third-order valence-corrected chi connectivity index (χ3v) is 4.22. The number of anilines is 1. The zero-order chi connectivity index (χ0) is 16.6. The van der Waals surface area contributed by atoms with Crippen LogP contribution in [0.1, 0.15) is 18.4 Å². The Labute approximate surface area is 143 Å². The van der Waals surface area contributed by atoms with Gasteiger partial charge in [0.25, 0.3) is 0 Å². The van der Waals surface area contributed by atoms with Gasteiger partial charge in [-0.05, 0) is 30.5 Å². The van der Waals surface area contributed by atoms with E-state index in [0.717, 1.165) is 25.1 Å². The quantitative estimate of drug-likeness (QED) is 0.851. The number of rotatable bonds is 7. The minimum absolute atomic E-state index is 0.0327. The molecule has 24 heavy (non-hydrogen) atoms. The van der Waals surface area contributed by atoms with Gasteiger partial charge in [-0.2, -0.15) is 0 Å². The largest absolute Gasteiger partial charge is 0.376 e. The Balaban J connectivity index is 1.62. The molecule has 0 radical (unpaired) electrons. The topological polar surface area (TPSA) is 41.6 Å². The fourth-order valence-corrected chi connectivity index (χ4v) is 2.94. The summed E-state index contributed by atoms with van der Waals surface area (Å²) in [6.45, 7) is 2.46. The number of benzene rings is 2. The van der Waals surface area contributed by atoms with Crippen LogP contribution in [0.25, 0.3) is 0 Å². The molecule has 0 saturated carbocycles. The highest BCUT2D eigenvalue weighted by Gasteiger charge is 2.17. The first-order valence-electron chi connectivity index (χ1n) is 8.53. The maximum atomic E-state index is 12.4. The molecule has 1 aliphatic rings. The van der Waals surface area contributed by atoms with Crippen LogP contribution in [0.3, 0.4) is 0 Å². The van der Waals surface area contributed by atoms with Crippen LogP contribution in [0.4, 0.5) is 5.69 Å². The van der Waals surface area contributed by atoms with Gasteiger partial charge in [-0.3, -0.25) is 4.79 Å². The smallest absolute Gasteiger partial charge is 0.239 e. The van der Waals surface area contributed by atoms with Crippen LogP contribution in [-0.2, 0) is 16.1 Å². The molecule has 1 unspecified atom stereocenters. The van der Waals surface area contributed by atoms with Gasteiger partial charge in [0.2, 0.25) is 5.91 Å². The van der Waals surface area contributed by atoms with Crippen LogP contribution in [0, 0.1) is 0 Å². The molecule has 0 spiro atoms. The van der Waals surface area contributed by atoms with Gasteiger partial charge in [0.15, 0.2) is 0 Å². The molecule has 4 heteroatoms. The Kier molecular flexibility index (Phi) is 5.85. The molecule has 1 heterocycles. The number of nitrogens with one attached hydrogen (secondary N) is 1. The molecule has 3 rings (SSSR count). The van der Waals surface area contributed by atoms with Gasteiger partial charge in [0.05, 0.1) is 12.6 Å². The number of carbonyl (C=O) groups is 1. The van der Waals surface area contributed by atoms with Gasteiger partial charge < -0.3 is 15.0 Å². The van der Waals surface area contributed by atoms with E-state index >= 15 is 0 Å². The second-order valence-electron chi connectivity index (χ2n) is 6.12. The normalized spacial score (nSPS) is 16.8. The van der Waals surface area contributed by atoms with E-state index in [4.69, 9.17) is 4.74 Å². The van der Waals surface area contributed by atoms with E-state index in [1.165, 1.54) is 5.56 Å².